The lowest BCUT2D eigenvalue weighted by Crippen LogP contribution is -2.30. The predicted octanol–water partition coefficient (Wildman–Crippen LogP) is 20.5. The minimum Gasteiger partial charge on any atom is -0.462 e. The van der Waals surface area contributed by atoms with E-state index in [0.29, 0.717) is 25.7 Å². The van der Waals surface area contributed by atoms with Crippen molar-refractivity contribution in [2.75, 3.05) is 39.6 Å². The van der Waals surface area contributed by atoms with Crippen molar-refractivity contribution < 1.29 is 80.2 Å². The lowest BCUT2D eigenvalue weighted by molar-refractivity contribution is -0.161. The molecule has 0 saturated carbocycles. The van der Waals surface area contributed by atoms with Crippen LogP contribution in [-0.2, 0) is 65.4 Å². The number of aliphatic hydroxyl groups excluding tert-OH is 1. The first-order valence-corrected chi connectivity index (χ1v) is 40.1. The molecule has 0 radical (unpaired) electrons. The Balaban J connectivity index is 5.22. The van der Waals surface area contributed by atoms with Gasteiger partial charge < -0.3 is 33.8 Å². The molecule has 0 fully saturated rings. The molecule has 2 unspecified atom stereocenters. The van der Waals surface area contributed by atoms with E-state index >= 15 is 0 Å². The van der Waals surface area contributed by atoms with Gasteiger partial charge >= 0.3 is 39.5 Å². The Hall–Kier alpha value is -1.94. The highest BCUT2D eigenvalue weighted by Crippen LogP contribution is 2.45. The van der Waals surface area contributed by atoms with Crippen molar-refractivity contribution in [2.45, 2.75) is 387 Å². The van der Waals surface area contributed by atoms with Gasteiger partial charge in [0, 0.05) is 25.7 Å². The van der Waals surface area contributed by atoms with Gasteiger partial charge in [-0.2, -0.15) is 0 Å². The van der Waals surface area contributed by atoms with Gasteiger partial charge in [-0.25, -0.2) is 9.13 Å². The van der Waals surface area contributed by atoms with Gasteiger partial charge in [0.2, 0.25) is 0 Å². The molecule has 0 aromatic carbocycles. The molecule has 17 nitrogen and oxygen atoms in total. The first kappa shape index (κ1) is 88.1. The quantitative estimate of drug-likeness (QED) is 0.0222. The number of esters is 4. The monoisotopic (exact) mass is 1320 g/mol. The Labute approximate surface area is 549 Å². The molecule has 0 saturated heterocycles. The number of phosphoric acid groups is 2. The zero-order valence-corrected chi connectivity index (χ0v) is 60.1. The van der Waals surface area contributed by atoms with Crippen molar-refractivity contribution in [1.82, 2.24) is 0 Å². The van der Waals surface area contributed by atoms with Crippen molar-refractivity contribution in [3.05, 3.63) is 0 Å². The van der Waals surface area contributed by atoms with E-state index in [1.165, 1.54) is 186 Å². The third-order valence-corrected chi connectivity index (χ3v) is 18.4. The first-order chi connectivity index (χ1) is 43.5. The molecule has 0 spiro atoms. The van der Waals surface area contributed by atoms with Gasteiger partial charge in [-0.3, -0.25) is 37.3 Å². The van der Waals surface area contributed by atoms with E-state index in [9.17, 15) is 43.2 Å². The van der Waals surface area contributed by atoms with Crippen LogP contribution in [0.25, 0.3) is 0 Å². The summed E-state index contributed by atoms with van der Waals surface area (Å²) >= 11 is 0. The van der Waals surface area contributed by atoms with Crippen molar-refractivity contribution in [2.24, 2.45) is 5.92 Å². The van der Waals surface area contributed by atoms with Crippen LogP contribution in [0, 0.1) is 5.92 Å². The molecule has 0 aliphatic rings. The molecular formula is C71H138O17P2. The van der Waals surface area contributed by atoms with Crippen molar-refractivity contribution in [3.8, 4) is 0 Å². The van der Waals surface area contributed by atoms with Crippen LogP contribution >= 0.6 is 15.6 Å². The van der Waals surface area contributed by atoms with Gasteiger partial charge in [-0.05, 0) is 31.6 Å². The molecule has 90 heavy (non-hydrogen) atoms. The van der Waals surface area contributed by atoms with Gasteiger partial charge in [0.25, 0.3) is 0 Å². The zero-order chi connectivity index (χ0) is 66.3. The van der Waals surface area contributed by atoms with Crippen LogP contribution in [0.3, 0.4) is 0 Å². The van der Waals surface area contributed by atoms with Crippen molar-refractivity contribution in [1.29, 1.82) is 0 Å². The number of hydrogen-bond acceptors (Lipinski definition) is 15. The predicted molar refractivity (Wildman–Crippen MR) is 363 cm³/mol. The standard InChI is InChI=1S/C71H138O17P2/c1-6-9-12-15-18-21-23-26-31-35-40-45-50-55-69(74)82-61-67(88-71(76)57-52-47-42-37-33-29-25-28-30-34-38-43-48-53-64(4)5)63-86-90(79,80)84-59-65(72)58-83-89(77,78)85-62-66(60-81-68(73)54-49-44-39-20-17-14-11-8-3)87-70(75)56-51-46-41-36-32-27-24-22-19-16-13-10-7-2/h64-67,72H,6-63H2,1-5H3,(H,77,78)(H,79,80)/t65-,66+,67+/m0/s1. The summed E-state index contributed by atoms with van der Waals surface area (Å²) in [5.41, 5.74) is 0. The van der Waals surface area contributed by atoms with Crippen LogP contribution in [-0.4, -0.2) is 96.7 Å². The molecule has 19 heteroatoms. The zero-order valence-electron chi connectivity index (χ0n) is 58.3. The van der Waals surface area contributed by atoms with Gasteiger partial charge in [0.05, 0.1) is 26.4 Å². The van der Waals surface area contributed by atoms with E-state index in [1.54, 1.807) is 0 Å². The molecule has 3 N–H and O–H groups in total. The smallest absolute Gasteiger partial charge is 0.462 e. The summed E-state index contributed by atoms with van der Waals surface area (Å²) in [5.74, 6) is -1.33. The number of rotatable bonds is 71. The van der Waals surface area contributed by atoms with Crippen LogP contribution in [0.2, 0.25) is 0 Å². The fraction of sp³-hybridized carbons (Fsp3) is 0.944. The van der Waals surface area contributed by atoms with E-state index in [4.69, 9.17) is 37.0 Å². The molecule has 0 aromatic heterocycles. The van der Waals surface area contributed by atoms with E-state index in [0.717, 1.165) is 102 Å². The Morgan fingerprint density at radius 3 is 0.756 bits per heavy atom. The van der Waals surface area contributed by atoms with E-state index in [1.807, 2.05) is 0 Å². The topological polar surface area (TPSA) is 237 Å². The van der Waals surface area contributed by atoms with Gasteiger partial charge in [-0.15, -0.1) is 0 Å². The Bertz CT molecular complexity index is 1740. The summed E-state index contributed by atoms with van der Waals surface area (Å²) < 4.78 is 68.3. The maximum absolute atomic E-state index is 13.0. The fourth-order valence-corrected chi connectivity index (χ4v) is 12.4. The third-order valence-electron chi connectivity index (χ3n) is 16.5. The number of phosphoric ester groups is 2. The summed E-state index contributed by atoms with van der Waals surface area (Å²) in [4.78, 5) is 72.5. The largest absolute Gasteiger partial charge is 0.472 e. The maximum atomic E-state index is 13.0. The second kappa shape index (κ2) is 64.4. The number of hydrogen-bond donors (Lipinski definition) is 3. The van der Waals surface area contributed by atoms with E-state index in [-0.39, 0.29) is 25.7 Å². The van der Waals surface area contributed by atoms with Gasteiger partial charge in [-0.1, -0.05) is 317 Å². The summed E-state index contributed by atoms with van der Waals surface area (Å²) in [7, 11) is -9.90. The van der Waals surface area contributed by atoms with Crippen LogP contribution in [0.1, 0.15) is 369 Å². The SMILES string of the molecule is CCCCCCCCCCCCCCCC(=O)OC[C@H](COP(=O)(O)OC[C@@H](O)COP(=O)(O)OC[C@@H](COC(=O)CCCCCCCCCC)OC(=O)CCCCCCCCCCCCCCC)OC(=O)CCCCCCCCCCCCCCCC(C)C. The Kier molecular flexibility index (Phi) is 63.0. The minimum absolute atomic E-state index is 0.108. The highest BCUT2D eigenvalue weighted by atomic mass is 31.2. The van der Waals surface area contributed by atoms with Crippen LogP contribution in [0.5, 0.6) is 0 Å². The van der Waals surface area contributed by atoms with Crippen molar-refractivity contribution >= 4 is 39.5 Å². The average Bonchev–Trinajstić information content (AvgIpc) is 2.80. The molecule has 0 aliphatic heterocycles. The first-order valence-electron chi connectivity index (χ1n) is 37.1. The normalized spacial score (nSPS) is 14.1. The lowest BCUT2D eigenvalue weighted by Gasteiger charge is -2.21. The summed E-state index contributed by atoms with van der Waals surface area (Å²) in [5, 5.41) is 10.6. The lowest BCUT2D eigenvalue weighted by atomic mass is 10.0. The Morgan fingerprint density at radius 1 is 0.300 bits per heavy atom. The number of carbonyl (C=O) groups is 4. The molecular weight excluding hydrogens is 1190 g/mol. The number of unbranched alkanes of at least 4 members (excludes halogenated alkanes) is 43. The van der Waals surface area contributed by atoms with E-state index in [2.05, 4.69) is 34.6 Å². The van der Waals surface area contributed by atoms with E-state index < -0.39 is 97.5 Å². The van der Waals surface area contributed by atoms with Crippen LogP contribution < -0.4 is 0 Å². The molecule has 0 rings (SSSR count). The second-order valence-corrected chi connectivity index (χ2v) is 29.0. The summed E-state index contributed by atoms with van der Waals surface area (Å²) in [6.07, 6.45) is 51.2. The highest BCUT2D eigenvalue weighted by Gasteiger charge is 2.30. The van der Waals surface area contributed by atoms with Gasteiger partial charge in [0.15, 0.2) is 12.2 Å². The molecule has 534 valence electrons. The second-order valence-electron chi connectivity index (χ2n) is 26.1. The van der Waals surface area contributed by atoms with Gasteiger partial charge in [0.1, 0.15) is 19.3 Å². The molecule has 0 aromatic rings. The molecule has 0 heterocycles. The van der Waals surface area contributed by atoms with Crippen molar-refractivity contribution in [3.63, 3.8) is 0 Å². The highest BCUT2D eigenvalue weighted by molar-refractivity contribution is 7.47. The number of carbonyl (C=O) groups excluding carboxylic acids is 4. The maximum Gasteiger partial charge on any atom is 0.472 e. The molecule has 0 aliphatic carbocycles. The van der Waals surface area contributed by atoms with Crippen LogP contribution in [0.15, 0.2) is 0 Å². The fourth-order valence-electron chi connectivity index (χ4n) is 10.8. The molecule has 0 bridgehead atoms. The number of aliphatic hydroxyl groups is 1. The summed E-state index contributed by atoms with van der Waals surface area (Å²) in [6.45, 7) is 7.25. The third kappa shape index (κ3) is 64.8. The Morgan fingerprint density at radius 2 is 0.511 bits per heavy atom. The minimum atomic E-state index is -4.95. The molecule has 5 atom stereocenters. The molecule has 0 amide bonds. The van der Waals surface area contributed by atoms with Crippen LogP contribution in [0.4, 0.5) is 0 Å². The average molecular weight is 1330 g/mol. The summed E-state index contributed by atoms with van der Waals surface area (Å²) in [6, 6.07) is 0. The number of ether oxygens (including phenoxy) is 4.